The lowest BCUT2D eigenvalue weighted by atomic mass is 9.75. The SMILES string of the molecule is CCCCC(C)CCC(C)N1C(C)(C)CC(N)CC1(C)C. The minimum atomic E-state index is 0.216. The molecule has 21 heavy (non-hydrogen) atoms. The van der Waals surface area contributed by atoms with E-state index in [1.54, 1.807) is 0 Å². The highest BCUT2D eigenvalue weighted by molar-refractivity contribution is 5.03. The van der Waals surface area contributed by atoms with Crippen LogP contribution in [0.1, 0.15) is 93.4 Å². The van der Waals surface area contributed by atoms with Crippen molar-refractivity contribution in [2.75, 3.05) is 0 Å². The molecule has 1 rings (SSSR count). The van der Waals surface area contributed by atoms with Gasteiger partial charge < -0.3 is 5.73 Å². The summed E-state index contributed by atoms with van der Waals surface area (Å²) in [5.74, 6) is 0.866. The van der Waals surface area contributed by atoms with Crippen molar-refractivity contribution in [2.45, 2.75) is 117 Å². The molecule has 1 saturated heterocycles. The topological polar surface area (TPSA) is 29.3 Å². The number of likely N-dealkylation sites (tertiary alicyclic amines) is 1. The normalized spacial score (nSPS) is 25.7. The molecule has 2 atom stereocenters. The fraction of sp³-hybridized carbons (Fsp3) is 1.00. The lowest BCUT2D eigenvalue weighted by Crippen LogP contribution is -2.65. The predicted molar refractivity (Wildman–Crippen MR) is 94.6 cm³/mol. The molecule has 1 aliphatic rings. The Labute approximate surface area is 133 Å². The van der Waals surface area contributed by atoms with E-state index in [1.165, 1.54) is 32.1 Å². The lowest BCUT2D eigenvalue weighted by molar-refractivity contribution is -0.0660. The number of nitrogens with two attached hydrogens (primary N) is 1. The van der Waals surface area contributed by atoms with E-state index in [9.17, 15) is 0 Å². The van der Waals surface area contributed by atoms with E-state index in [0.29, 0.717) is 12.1 Å². The summed E-state index contributed by atoms with van der Waals surface area (Å²) in [6, 6.07) is 0.994. The van der Waals surface area contributed by atoms with E-state index in [4.69, 9.17) is 5.73 Å². The van der Waals surface area contributed by atoms with Crippen LogP contribution in [0.2, 0.25) is 0 Å². The molecule has 2 heteroatoms. The molecule has 0 aromatic heterocycles. The standard InChI is InChI=1S/C19H40N2/c1-8-9-10-15(2)11-12-16(3)21-18(4,5)13-17(20)14-19(21,6)7/h15-17H,8-14,20H2,1-7H3. The summed E-state index contributed by atoms with van der Waals surface area (Å²) in [5.41, 5.74) is 6.73. The number of hydrogen-bond donors (Lipinski definition) is 1. The maximum atomic E-state index is 6.30. The van der Waals surface area contributed by atoms with Crippen LogP contribution in [0.3, 0.4) is 0 Å². The van der Waals surface area contributed by atoms with Gasteiger partial charge in [0.25, 0.3) is 0 Å². The van der Waals surface area contributed by atoms with Gasteiger partial charge in [0.15, 0.2) is 0 Å². The van der Waals surface area contributed by atoms with Crippen LogP contribution in [-0.4, -0.2) is 28.1 Å². The van der Waals surface area contributed by atoms with Crippen LogP contribution >= 0.6 is 0 Å². The minimum Gasteiger partial charge on any atom is -0.328 e. The Kier molecular flexibility index (Phi) is 6.74. The summed E-state index contributed by atoms with van der Waals surface area (Å²) in [7, 11) is 0. The third-order valence-corrected chi connectivity index (χ3v) is 5.40. The van der Waals surface area contributed by atoms with E-state index in [-0.39, 0.29) is 11.1 Å². The maximum Gasteiger partial charge on any atom is 0.0176 e. The van der Waals surface area contributed by atoms with Gasteiger partial charge in [-0.2, -0.15) is 0 Å². The summed E-state index contributed by atoms with van der Waals surface area (Å²) in [6.07, 6.45) is 9.00. The second-order valence-electron chi connectivity index (χ2n) is 8.84. The van der Waals surface area contributed by atoms with Crippen molar-refractivity contribution in [3.63, 3.8) is 0 Å². The molecule has 1 aliphatic heterocycles. The summed E-state index contributed by atoms with van der Waals surface area (Å²) in [5, 5.41) is 0. The van der Waals surface area contributed by atoms with Crippen LogP contribution in [0.5, 0.6) is 0 Å². The molecule has 0 aromatic carbocycles. The van der Waals surface area contributed by atoms with Gasteiger partial charge in [-0.1, -0.05) is 33.1 Å². The van der Waals surface area contributed by atoms with Gasteiger partial charge >= 0.3 is 0 Å². The van der Waals surface area contributed by atoms with Gasteiger partial charge in [-0.15, -0.1) is 0 Å². The zero-order valence-corrected chi connectivity index (χ0v) is 15.7. The van der Waals surface area contributed by atoms with Gasteiger partial charge in [0.05, 0.1) is 0 Å². The molecule has 0 aliphatic carbocycles. The van der Waals surface area contributed by atoms with Crippen molar-refractivity contribution in [1.82, 2.24) is 4.90 Å². The summed E-state index contributed by atoms with van der Waals surface area (Å²) in [4.78, 5) is 2.76. The van der Waals surface area contributed by atoms with E-state index in [0.717, 1.165) is 18.8 Å². The van der Waals surface area contributed by atoms with Crippen LogP contribution < -0.4 is 5.73 Å². The Morgan fingerprint density at radius 3 is 2.00 bits per heavy atom. The molecule has 126 valence electrons. The lowest BCUT2D eigenvalue weighted by Gasteiger charge is -2.57. The van der Waals surface area contributed by atoms with Crippen LogP contribution in [0, 0.1) is 5.92 Å². The highest BCUT2D eigenvalue weighted by Crippen LogP contribution is 2.40. The molecule has 0 amide bonds. The third-order valence-electron chi connectivity index (χ3n) is 5.40. The number of nitrogens with zero attached hydrogens (tertiary/aromatic N) is 1. The van der Waals surface area contributed by atoms with Gasteiger partial charge in [-0.3, -0.25) is 4.90 Å². The first-order chi connectivity index (χ1) is 9.60. The molecule has 1 fully saturated rings. The Hall–Kier alpha value is -0.0800. The highest BCUT2D eigenvalue weighted by atomic mass is 15.3. The first-order valence-electron chi connectivity index (χ1n) is 9.15. The third kappa shape index (κ3) is 5.25. The maximum absolute atomic E-state index is 6.30. The fourth-order valence-electron chi connectivity index (χ4n) is 4.92. The van der Waals surface area contributed by atoms with Gasteiger partial charge in [-0.25, -0.2) is 0 Å². The fourth-order valence-corrected chi connectivity index (χ4v) is 4.92. The second kappa shape index (κ2) is 7.46. The van der Waals surface area contributed by atoms with Crippen molar-refractivity contribution in [2.24, 2.45) is 11.7 Å². The van der Waals surface area contributed by atoms with Crippen molar-refractivity contribution in [3.8, 4) is 0 Å². The van der Waals surface area contributed by atoms with Crippen molar-refractivity contribution < 1.29 is 0 Å². The first-order valence-corrected chi connectivity index (χ1v) is 9.15. The van der Waals surface area contributed by atoms with Crippen LogP contribution in [0.15, 0.2) is 0 Å². The van der Waals surface area contributed by atoms with E-state index in [2.05, 4.69) is 53.4 Å². The Morgan fingerprint density at radius 1 is 1.00 bits per heavy atom. The first kappa shape index (κ1) is 19.0. The average molecular weight is 297 g/mol. The Morgan fingerprint density at radius 2 is 1.52 bits per heavy atom. The average Bonchev–Trinajstić information content (AvgIpc) is 2.29. The molecular formula is C19H40N2. The number of piperidine rings is 1. The molecule has 1 heterocycles. The van der Waals surface area contributed by atoms with Crippen molar-refractivity contribution in [3.05, 3.63) is 0 Å². The summed E-state index contributed by atoms with van der Waals surface area (Å²) < 4.78 is 0. The predicted octanol–water partition coefficient (Wildman–Crippen LogP) is 4.96. The molecule has 0 saturated carbocycles. The van der Waals surface area contributed by atoms with Gasteiger partial charge in [-0.05, 0) is 66.2 Å². The van der Waals surface area contributed by atoms with Crippen molar-refractivity contribution in [1.29, 1.82) is 0 Å². The molecular weight excluding hydrogens is 256 g/mol. The zero-order chi connectivity index (χ0) is 16.3. The minimum absolute atomic E-state index is 0.216. The quantitative estimate of drug-likeness (QED) is 0.719. The number of hydrogen-bond acceptors (Lipinski definition) is 2. The zero-order valence-electron chi connectivity index (χ0n) is 15.7. The van der Waals surface area contributed by atoms with Gasteiger partial charge in [0, 0.05) is 23.2 Å². The Bertz CT molecular complexity index is 291. The molecule has 0 aromatic rings. The smallest absolute Gasteiger partial charge is 0.0176 e. The van der Waals surface area contributed by atoms with Crippen LogP contribution in [0.25, 0.3) is 0 Å². The van der Waals surface area contributed by atoms with Crippen molar-refractivity contribution >= 4 is 0 Å². The second-order valence-corrected chi connectivity index (χ2v) is 8.84. The molecule has 2 N–H and O–H groups in total. The molecule has 2 nitrogen and oxygen atoms in total. The Balaban J connectivity index is 2.63. The van der Waals surface area contributed by atoms with Crippen LogP contribution in [0.4, 0.5) is 0 Å². The van der Waals surface area contributed by atoms with Crippen LogP contribution in [-0.2, 0) is 0 Å². The molecule has 0 bridgehead atoms. The monoisotopic (exact) mass is 296 g/mol. The summed E-state index contributed by atoms with van der Waals surface area (Å²) in [6.45, 7) is 16.7. The van der Waals surface area contributed by atoms with E-state index in [1.807, 2.05) is 0 Å². The molecule has 0 spiro atoms. The summed E-state index contributed by atoms with van der Waals surface area (Å²) >= 11 is 0. The number of rotatable bonds is 7. The molecule has 0 radical (unpaired) electrons. The number of unbranched alkanes of at least 4 members (excludes halogenated alkanes) is 1. The molecule has 2 unspecified atom stereocenters. The highest BCUT2D eigenvalue weighted by Gasteiger charge is 2.46. The van der Waals surface area contributed by atoms with Gasteiger partial charge in [0.1, 0.15) is 0 Å². The van der Waals surface area contributed by atoms with E-state index < -0.39 is 0 Å². The largest absolute Gasteiger partial charge is 0.328 e. The van der Waals surface area contributed by atoms with E-state index >= 15 is 0 Å². The van der Waals surface area contributed by atoms with Gasteiger partial charge in [0.2, 0.25) is 0 Å².